The lowest BCUT2D eigenvalue weighted by Crippen LogP contribution is -2.44. The van der Waals surface area contributed by atoms with Crippen molar-refractivity contribution in [2.45, 2.75) is 37.5 Å². The fraction of sp³-hybridized carbons (Fsp3) is 0.333. The minimum Gasteiger partial charge on any atom is -0.339 e. The van der Waals surface area contributed by atoms with Crippen molar-refractivity contribution in [1.82, 2.24) is 9.88 Å². The summed E-state index contributed by atoms with van der Waals surface area (Å²) in [5.41, 5.74) is -0.165. The van der Waals surface area contributed by atoms with Gasteiger partial charge in [0.1, 0.15) is 5.82 Å². The van der Waals surface area contributed by atoms with Crippen LogP contribution < -0.4 is 5.32 Å². The summed E-state index contributed by atoms with van der Waals surface area (Å²) in [7, 11) is 0. The monoisotopic (exact) mass is 433 g/mol. The number of benzene rings is 1. The first kappa shape index (κ1) is 19.3. The van der Waals surface area contributed by atoms with Gasteiger partial charge < -0.3 is 10.2 Å². The zero-order valence-electron chi connectivity index (χ0n) is 14.2. The van der Waals surface area contributed by atoms with E-state index >= 15 is 0 Å². The lowest BCUT2D eigenvalue weighted by atomic mass is 9.95. The minimum atomic E-state index is -4.76. The van der Waals surface area contributed by atoms with Crippen LogP contribution in [0.15, 0.2) is 24.4 Å². The molecule has 28 heavy (non-hydrogen) atoms. The molecule has 1 aromatic heterocycles. The molecule has 0 unspecified atom stereocenters. The van der Waals surface area contributed by atoms with Gasteiger partial charge in [-0.05, 0) is 55.2 Å². The fourth-order valence-electron chi connectivity index (χ4n) is 3.97. The highest BCUT2D eigenvalue weighted by Crippen LogP contribution is 2.44. The molecule has 2 bridgehead atoms. The van der Waals surface area contributed by atoms with Gasteiger partial charge in [-0.2, -0.15) is 17.6 Å². The summed E-state index contributed by atoms with van der Waals surface area (Å²) >= 11 is 11.1. The third kappa shape index (κ3) is 3.20. The Morgan fingerprint density at radius 2 is 2.00 bits per heavy atom. The molecule has 0 amide bonds. The van der Waals surface area contributed by atoms with E-state index in [9.17, 15) is 22.0 Å². The van der Waals surface area contributed by atoms with Crippen molar-refractivity contribution in [2.75, 3.05) is 5.32 Å². The number of rotatable bonds is 1. The molecule has 1 saturated heterocycles. The van der Waals surface area contributed by atoms with Crippen LogP contribution in [0.1, 0.15) is 35.6 Å². The summed E-state index contributed by atoms with van der Waals surface area (Å²) < 4.78 is 66.8. The van der Waals surface area contributed by atoms with E-state index in [1.165, 1.54) is 6.20 Å². The van der Waals surface area contributed by atoms with E-state index in [1.807, 2.05) is 4.90 Å². The van der Waals surface area contributed by atoms with Gasteiger partial charge in [0.15, 0.2) is 5.11 Å². The highest BCUT2D eigenvalue weighted by atomic mass is 35.5. The molecule has 0 aliphatic carbocycles. The van der Waals surface area contributed by atoms with E-state index in [-0.39, 0.29) is 22.9 Å². The number of halogens is 6. The van der Waals surface area contributed by atoms with Crippen LogP contribution in [-0.4, -0.2) is 21.0 Å². The Kier molecular flexibility index (Phi) is 4.70. The molecule has 1 fully saturated rings. The molecule has 2 atom stereocenters. The summed E-state index contributed by atoms with van der Waals surface area (Å²) in [5, 5.41) is 2.20. The van der Waals surface area contributed by atoms with Crippen molar-refractivity contribution in [3.8, 4) is 0 Å². The summed E-state index contributed by atoms with van der Waals surface area (Å²) in [6, 6.07) is 2.66. The van der Waals surface area contributed by atoms with E-state index in [1.54, 1.807) is 6.07 Å². The number of anilines is 1. The maximum atomic E-state index is 14.2. The van der Waals surface area contributed by atoms with Gasteiger partial charge in [-0.25, -0.2) is 9.37 Å². The molecule has 10 heteroatoms. The number of thiocarbonyl (C=S) groups is 1. The Balaban J connectivity index is 1.61. The quantitative estimate of drug-likeness (QED) is 0.365. The van der Waals surface area contributed by atoms with E-state index in [0.717, 1.165) is 24.5 Å². The molecule has 2 aliphatic rings. The Morgan fingerprint density at radius 1 is 1.25 bits per heavy atom. The van der Waals surface area contributed by atoms with Crippen LogP contribution in [0.5, 0.6) is 0 Å². The van der Waals surface area contributed by atoms with E-state index in [0.29, 0.717) is 18.1 Å². The van der Waals surface area contributed by atoms with Crippen molar-refractivity contribution in [2.24, 2.45) is 0 Å². The first-order valence-electron chi connectivity index (χ1n) is 8.45. The van der Waals surface area contributed by atoms with Gasteiger partial charge in [-0.15, -0.1) is 0 Å². The van der Waals surface area contributed by atoms with Crippen molar-refractivity contribution in [3.63, 3.8) is 0 Å². The van der Waals surface area contributed by atoms with Crippen LogP contribution in [-0.2, 0) is 12.6 Å². The molecule has 0 radical (unpaired) electrons. The van der Waals surface area contributed by atoms with Gasteiger partial charge in [0.25, 0.3) is 0 Å². The highest BCUT2D eigenvalue weighted by Gasteiger charge is 2.42. The molecule has 4 rings (SSSR count). The zero-order valence-corrected chi connectivity index (χ0v) is 15.7. The van der Waals surface area contributed by atoms with Crippen LogP contribution in [0.25, 0.3) is 0 Å². The predicted molar refractivity (Wildman–Crippen MR) is 98.1 cm³/mol. The minimum absolute atomic E-state index is 0.0934. The zero-order chi connectivity index (χ0) is 20.2. The number of alkyl halides is 3. The van der Waals surface area contributed by atoms with Gasteiger partial charge in [0.2, 0.25) is 5.95 Å². The normalized spacial score (nSPS) is 20.9. The molecule has 148 valence electrons. The first-order chi connectivity index (χ1) is 13.2. The SMILES string of the molecule is Fc1cc(C(F)(F)F)c(Cl)cc1NC(=S)N1[C@@H]2CC[C@H]1c1ccnc(F)c1C2. The van der Waals surface area contributed by atoms with Gasteiger partial charge >= 0.3 is 6.18 Å². The molecule has 1 aromatic carbocycles. The van der Waals surface area contributed by atoms with Crippen LogP contribution in [0.4, 0.5) is 27.6 Å². The van der Waals surface area contributed by atoms with Gasteiger partial charge in [-0.3, -0.25) is 0 Å². The van der Waals surface area contributed by atoms with E-state index in [4.69, 9.17) is 23.8 Å². The standard InChI is InChI=1S/C18H13ClF5N3S/c19-12-7-14(13(20)6-11(12)18(22,23)24)26-17(28)27-8-1-2-15(27)9-3-4-25-16(21)10(9)5-8/h3-4,6-8,15H,1-2,5H2,(H,26,28)/t8-,15+/m1/s1. The fourth-order valence-corrected chi connectivity index (χ4v) is 4.62. The average molecular weight is 434 g/mol. The lowest BCUT2D eigenvalue weighted by Gasteiger charge is -2.38. The second-order valence-electron chi connectivity index (χ2n) is 6.77. The first-order valence-corrected chi connectivity index (χ1v) is 9.24. The third-order valence-electron chi connectivity index (χ3n) is 5.18. The summed E-state index contributed by atoms with van der Waals surface area (Å²) in [4.78, 5) is 5.54. The Hall–Kier alpha value is -2.00. The van der Waals surface area contributed by atoms with Crippen LogP contribution in [0, 0.1) is 11.8 Å². The number of pyridine rings is 1. The number of aromatic nitrogens is 1. The smallest absolute Gasteiger partial charge is 0.339 e. The molecular weight excluding hydrogens is 421 g/mol. The van der Waals surface area contributed by atoms with Crippen molar-refractivity contribution in [1.29, 1.82) is 0 Å². The number of nitrogens with zero attached hydrogens (tertiary/aromatic N) is 2. The summed E-state index contributed by atoms with van der Waals surface area (Å²) in [5.74, 6) is -1.62. The second kappa shape index (κ2) is 6.81. The van der Waals surface area contributed by atoms with Crippen molar-refractivity contribution < 1.29 is 22.0 Å². The molecule has 1 N–H and O–H groups in total. The van der Waals surface area contributed by atoms with Gasteiger partial charge in [0.05, 0.1) is 22.3 Å². The molecule has 2 aromatic rings. The molecule has 2 aliphatic heterocycles. The molecule has 3 nitrogen and oxygen atoms in total. The Morgan fingerprint density at radius 3 is 2.71 bits per heavy atom. The highest BCUT2D eigenvalue weighted by molar-refractivity contribution is 7.80. The maximum absolute atomic E-state index is 14.2. The van der Waals surface area contributed by atoms with Crippen molar-refractivity contribution >= 4 is 34.6 Å². The predicted octanol–water partition coefficient (Wildman–Crippen LogP) is 5.49. The molecular formula is C18H13ClF5N3S. The van der Waals surface area contributed by atoms with E-state index in [2.05, 4.69) is 10.3 Å². The molecule has 0 spiro atoms. The van der Waals surface area contributed by atoms with E-state index < -0.39 is 28.5 Å². The summed E-state index contributed by atoms with van der Waals surface area (Å²) in [6.07, 6.45) is -1.47. The van der Waals surface area contributed by atoms with Crippen LogP contribution in [0.2, 0.25) is 5.02 Å². The Bertz CT molecular complexity index is 965. The molecule has 0 saturated carbocycles. The largest absolute Gasteiger partial charge is 0.417 e. The number of nitrogens with one attached hydrogen (secondary N) is 1. The average Bonchev–Trinajstić information content (AvgIpc) is 2.93. The van der Waals surface area contributed by atoms with Crippen LogP contribution >= 0.6 is 23.8 Å². The summed E-state index contributed by atoms with van der Waals surface area (Å²) in [6.45, 7) is 0. The second-order valence-corrected chi connectivity index (χ2v) is 7.56. The van der Waals surface area contributed by atoms with Gasteiger partial charge in [-0.1, -0.05) is 11.6 Å². The maximum Gasteiger partial charge on any atom is 0.417 e. The van der Waals surface area contributed by atoms with Gasteiger partial charge in [0, 0.05) is 17.8 Å². The molecule has 3 heterocycles. The van der Waals surface area contributed by atoms with Crippen molar-refractivity contribution in [3.05, 3.63) is 57.9 Å². The third-order valence-corrected chi connectivity index (χ3v) is 5.80. The van der Waals surface area contributed by atoms with Crippen LogP contribution in [0.3, 0.4) is 0 Å². The number of hydrogen-bond donors (Lipinski definition) is 1. The lowest BCUT2D eigenvalue weighted by molar-refractivity contribution is -0.137. The Labute approximate surface area is 167 Å². The number of hydrogen-bond acceptors (Lipinski definition) is 2. The number of fused-ring (bicyclic) bond motifs is 4. The topological polar surface area (TPSA) is 28.2 Å².